The fourth-order valence-corrected chi connectivity index (χ4v) is 3.13. The number of nitrogens with one attached hydrogen (secondary N) is 1. The van der Waals surface area contributed by atoms with E-state index in [1.54, 1.807) is 6.07 Å². The first-order valence-corrected chi connectivity index (χ1v) is 7.47. The lowest BCUT2D eigenvalue weighted by atomic mass is 10.0. The highest BCUT2D eigenvalue weighted by molar-refractivity contribution is 6.35. The Labute approximate surface area is 129 Å². The first-order valence-electron chi connectivity index (χ1n) is 6.72. The van der Waals surface area contributed by atoms with Crippen molar-refractivity contribution in [2.75, 3.05) is 24.5 Å². The van der Waals surface area contributed by atoms with Crippen molar-refractivity contribution >= 4 is 28.9 Å². The van der Waals surface area contributed by atoms with Crippen LogP contribution in [0.25, 0.3) is 0 Å². The molecule has 4 heteroatoms. The highest BCUT2D eigenvalue weighted by Crippen LogP contribution is 2.28. The van der Waals surface area contributed by atoms with Gasteiger partial charge in [0.1, 0.15) is 0 Å². The molecule has 0 spiro atoms. The van der Waals surface area contributed by atoms with Crippen LogP contribution < -0.4 is 10.2 Å². The highest BCUT2D eigenvalue weighted by atomic mass is 35.5. The van der Waals surface area contributed by atoms with Crippen molar-refractivity contribution in [1.82, 2.24) is 5.32 Å². The van der Waals surface area contributed by atoms with Crippen LogP contribution in [0, 0.1) is 0 Å². The maximum Gasteiger partial charge on any atom is 0.0498 e. The molecule has 1 fully saturated rings. The Morgan fingerprint density at radius 1 is 1.00 bits per heavy atom. The predicted molar refractivity (Wildman–Crippen MR) is 85.9 cm³/mol. The standard InChI is InChI=1S/C16H16Cl2N2/c17-13-8-14(18)10-15(9-13)20-7-6-19-16(11-20)12-4-2-1-3-5-12/h1-5,8-10,16,19H,6-7,11H2. The molecule has 0 radical (unpaired) electrons. The van der Waals surface area contributed by atoms with Crippen molar-refractivity contribution in [3.05, 3.63) is 64.1 Å². The molecule has 0 saturated carbocycles. The zero-order chi connectivity index (χ0) is 13.9. The quantitative estimate of drug-likeness (QED) is 0.897. The Hall–Kier alpha value is -1.22. The SMILES string of the molecule is Clc1cc(Cl)cc(N2CCNC(c3ccccc3)C2)c1. The largest absolute Gasteiger partial charge is 0.368 e. The van der Waals surface area contributed by atoms with Gasteiger partial charge in [0.15, 0.2) is 0 Å². The number of benzene rings is 2. The first-order chi connectivity index (χ1) is 9.72. The predicted octanol–water partition coefficient (Wildman–Crippen LogP) is 4.14. The smallest absolute Gasteiger partial charge is 0.0498 e. The van der Waals surface area contributed by atoms with Crippen molar-refractivity contribution in [2.24, 2.45) is 0 Å². The lowest BCUT2D eigenvalue weighted by molar-refractivity contribution is 0.472. The molecular formula is C16H16Cl2N2. The summed E-state index contributed by atoms with van der Waals surface area (Å²) in [5.74, 6) is 0. The van der Waals surface area contributed by atoms with Crippen LogP contribution in [0.1, 0.15) is 11.6 Å². The molecule has 1 aliphatic rings. The summed E-state index contributed by atoms with van der Waals surface area (Å²) >= 11 is 12.2. The van der Waals surface area contributed by atoms with E-state index in [4.69, 9.17) is 23.2 Å². The van der Waals surface area contributed by atoms with E-state index in [0.29, 0.717) is 16.1 Å². The summed E-state index contributed by atoms with van der Waals surface area (Å²) in [5, 5.41) is 4.92. The Kier molecular flexibility index (Phi) is 4.16. The molecule has 0 aromatic heterocycles. The Morgan fingerprint density at radius 2 is 1.70 bits per heavy atom. The average molecular weight is 307 g/mol. The van der Waals surface area contributed by atoms with E-state index in [1.807, 2.05) is 18.2 Å². The third-order valence-corrected chi connectivity index (χ3v) is 4.03. The van der Waals surface area contributed by atoms with E-state index in [2.05, 4.69) is 34.5 Å². The van der Waals surface area contributed by atoms with Crippen molar-refractivity contribution < 1.29 is 0 Å². The van der Waals surface area contributed by atoms with Gasteiger partial charge in [-0.05, 0) is 23.8 Å². The van der Waals surface area contributed by atoms with Crippen LogP contribution in [-0.4, -0.2) is 19.6 Å². The fourth-order valence-electron chi connectivity index (χ4n) is 2.61. The molecule has 1 heterocycles. The molecule has 3 rings (SSSR count). The summed E-state index contributed by atoms with van der Waals surface area (Å²) in [5.41, 5.74) is 2.40. The van der Waals surface area contributed by atoms with Gasteiger partial charge in [-0.1, -0.05) is 53.5 Å². The fraction of sp³-hybridized carbons (Fsp3) is 0.250. The van der Waals surface area contributed by atoms with Gasteiger partial charge < -0.3 is 10.2 Å². The molecule has 2 nitrogen and oxygen atoms in total. The number of nitrogens with zero attached hydrogens (tertiary/aromatic N) is 1. The van der Waals surface area contributed by atoms with E-state index < -0.39 is 0 Å². The monoisotopic (exact) mass is 306 g/mol. The maximum atomic E-state index is 6.10. The number of hydrogen-bond acceptors (Lipinski definition) is 2. The summed E-state index contributed by atoms with van der Waals surface area (Å²) in [6.45, 7) is 2.82. The second kappa shape index (κ2) is 6.04. The molecule has 2 aromatic rings. The van der Waals surface area contributed by atoms with Crippen LogP contribution in [0.2, 0.25) is 10.0 Å². The second-order valence-electron chi connectivity index (χ2n) is 4.99. The van der Waals surface area contributed by atoms with Crippen LogP contribution in [0.4, 0.5) is 5.69 Å². The molecule has 1 saturated heterocycles. The van der Waals surface area contributed by atoms with Gasteiger partial charge in [0.25, 0.3) is 0 Å². The van der Waals surface area contributed by atoms with Gasteiger partial charge in [0.05, 0.1) is 0 Å². The van der Waals surface area contributed by atoms with Crippen LogP contribution in [-0.2, 0) is 0 Å². The zero-order valence-corrected chi connectivity index (χ0v) is 12.5. The van der Waals surface area contributed by atoms with Crippen LogP contribution in [0.3, 0.4) is 0 Å². The molecule has 0 amide bonds. The molecule has 2 aromatic carbocycles. The Bertz CT molecular complexity index is 566. The summed E-state index contributed by atoms with van der Waals surface area (Å²) in [6, 6.07) is 16.6. The minimum atomic E-state index is 0.336. The van der Waals surface area contributed by atoms with Gasteiger partial charge in [0, 0.05) is 41.4 Å². The minimum absolute atomic E-state index is 0.336. The lowest BCUT2D eigenvalue weighted by Gasteiger charge is -2.35. The molecular weight excluding hydrogens is 291 g/mol. The van der Waals surface area contributed by atoms with E-state index in [0.717, 1.165) is 25.3 Å². The number of hydrogen-bond donors (Lipinski definition) is 1. The average Bonchev–Trinajstić information content (AvgIpc) is 2.47. The summed E-state index contributed by atoms with van der Waals surface area (Å²) in [4.78, 5) is 2.33. The molecule has 1 unspecified atom stereocenters. The van der Waals surface area contributed by atoms with Gasteiger partial charge >= 0.3 is 0 Å². The first kappa shape index (κ1) is 13.7. The van der Waals surface area contributed by atoms with Gasteiger partial charge in [-0.25, -0.2) is 0 Å². The van der Waals surface area contributed by atoms with E-state index in [1.165, 1.54) is 5.56 Å². The van der Waals surface area contributed by atoms with E-state index in [9.17, 15) is 0 Å². The van der Waals surface area contributed by atoms with Gasteiger partial charge in [-0.2, -0.15) is 0 Å². The molecule has 1 N–H and O–H groups in total. The highest BCUT2D eigenvalue weighted by Gasteiger charge is 2.21. The number of halogens is 2. The van der Waals surface area contributed by atoms with E-state index in [-0.39, 0.29) is 0 Å². The van der Waals surface area contributed by atoms with Gasteiger partial charge in [-0.3, -0.25) is 0 Å². The second-order valence-corrected chi connectivity index (χ2v) is 5.86. The van der Waals surface area contributed by atoms with Crippen LogP contribution in [0.15, 0.2) is 48.5 Å². The molecule has 104 valence electrons. The van der Waals surface area contributed by atoms with Crippen LogP contribution in [0.5, 0.6) is 0 Å². The normalized spacial score (nSPS) is 19.1. The summed E-state index contributed by atoms with van der Waals surface area (Å²) in [6.07, 6.45) is 0. The molecule has 1 aliphatic heterocycles. The third-order valence-electron chi connectivity index (χ3n) is 3.59. The minimum Gasteiger partial charge on any atom is -0.368 e. The molecule has 0 bridgehead atoms. The van der Waals surface area contributed by atoms with E-state index >= 15 is 0 Å². The number of piperazine rings is 1. The zero-order valence-electron chi connectivity index (χ0n) is 11.0. The van der Waals surface area contributed by atoms with Crippen LogP contribution >= 0.6 is 23.2 Å². The maximum absolute atomic E-state index is 6.10. The number of anilines is 1. The Balaban J connectivity index is 1.81. The topological polar surface area (TPSA) is 15.3 Å². The molecule has 1 atom stereocenters. The lowest BCUT2D eigenvalue weighted by Crippen LogP contribution is -2.45. The van der Waals surface area contributed by atoms with Crippen molar-refractivity contribution in [1.29, 1.82) is 0 Å². The number of rotatable bonds is 2. The summed E-state index contributed by atoms with van der Waals surface area (Å²) < 4.78 is 0. The Morgan fingerprint density at radius 3 is 2.40 bits per heavy atom. The summed E-state index contributed by atoms with van der Waals surface area (Å²) in [7, 11) is 0. The third kappa shape index (κ3) is 3.09. The van der Waals surface area contributed by atoms with Crippen molar-refractivity contribution in [3.8, 4) is 0 Å². The van der Waals surface area contributed by atoms with Gasteiger partial charge in [-0.15, -0.1) is 0 Å². The molecule has 20 heavy (non-hydrogen) atoms. The molecule has 0 aliphatic carbocycles. The van der Waals surface area contributed by atoms with Gasteiger partial charge in [0.2, 0.25) is 0 Å². The van der Waals surface area contributed by atoms with Crippen molar-refractivity contribution in [3.63, 3.8) is 0 Å². The van der Waals surface area contributed by atoms with Crippen molar-refractivity contribution in [2.45, 2.75) is 6.04 Å².